The van der Waals surface area contributed by atoms with Gasteiger partial charge in [0.1, 0.15) is 5.75 Å². The monoisotopic (exact) mass is 366 g/mol. The second kappa shape index (κ2) is 10.6. The van der Waals surface area contributed by atoms with Crippen LogP contribution in [0.5, 0.6) is 5.75 Å². The lowest BCUT2D eigenvalue weighted by atomic mass is 10.1. The molecule has 6 nitrogen and oxygen atoms in total. The predicted molar refractivity (Wildman–Crippen MR) is 102 cm³/mol. The Labute approximate surface area is 158 Å². The summed E-state index contributed by atoms with van der Waals surface area (Å²) < 4.78 is 10.3. The highest BCUT2D eigenvalue weighted by Gasteiger charge is 2.14. The van der Waals surface area contributed by atoms with Crippen LogP contribution >= 0.6 is 0 Å². The van der Waals surface area contributed by atoms with Crippen molar-refractivity contribution in [2.75, 3.05) is 19.0 Å². The molecule has 0 aliphatic rings. The number of carbonyl (C=O) groups is 2. The van der Waals surface area contributed by atoms with Gasteiger partial charge in [0.05, 0.1) is 31.0 Å². The van der Waals surface area contributed by atoms with Crippen LogP contribution in [0.2, 0.25) is 0 Å². The molecule has 1 N–H and O–H groups in total. The van der Waals surface area contributed by atoms with Gasteiger partial charge in [0.25, 0.3) is 0 Å². The van der Waals surface area contributed by atoms with Gasteiger partial charge in [-0.25, -0.2) is 4.79 Å². The van der Waals surface area contributed by atoms with Crippen molar-refractivity contribution in [1.82, 2.24) is 0 Å². The number of methoxy groups -OCH3 is 1. The molecule has 0 heterocycles. The zero-order valence-corrected chi connectivity index (χ0v) is 15.2. The number of hydrogen-bond donors (Lipinski definition) is 1. The van der Waals surface area contributed by atoms with Gasteiger partial charge in [0, 0.05) is 12.8 Å². The molecular formula is C21H22N2O4. The van der Waals surface area contributed by atoms with Gasteiger partial charge in [-0.3, -0.25) is 4.79 Å². The lowest BCUT2D eigenvalue weighted by Crippen LogP contribution is -2.16. The summed E-state index contributed by atoms with van der Waals surface area (Å²) in [7, 11) is 1.61. The molecule has 0 bridgehead atoms. The summed E-state index contributed by atoms with van der Waals surface area (Å²) in [5, 5.41) is 11.3. The molecule has 0 unspecified atom stereocenters. The molecule has 0 aliphatic carbocycles. The summed E-state index contributed by atoms with van der Waals surface area (Å²) in [6.07, 6.45) is 1.68. The van der Waals surface area contributed by atoms with Gasteiger partial charge < -0.3 is 14.8 Å². The number of esters is 1. The molecule has 0 spiro atoms. The summed E-state index contributed by atoms with van der Waals surface area (Å²) in [4.78, 5) is 24.4. The third kappa shape index (κ3) is 6.48. The second-order valence-corrected chi connectivity index (χ2v) is 5.84. The Kier molecular flexibility index (Phi) is 7.86. The third-order valence-electron chi connectivity index (χ3n) is 3.89. The lowest BCUT2D eigenvalue weighted by Gasteiger charge is -2.11. The predicted octanol–water partition coefficient (Wildman–Crippen LogP) is 3.73. The Morgan fingerprint density at radius 2 is 1.85 bits per heavy atom. The molecule has 0 atom stereocenters. The highest BCUT2D eigenvalue weighted by Crippen LogP contribution is 2.18. The normalized spacial score (nSPS) is 9.93. The average molecular weight is 366 g/mol. The first-order valence-electron chi connectivity index (χ1n) is 8.70. The molecule has 2 aromatic rings. The molecule has 0 saturated heterocycles. The topological polar surface area (TPSA) is 88.4 Å². The van der Waals surface area contributed by atoms with Crippen molar-refractivity contribution in [2.24, 2.45) is 0 Å². The molecule has 2 aromatic carbocycles. The number of amides is 1. The summed E-state index contributed by atoms with van der Waals surface area (Å²) >= 11 is 0. The van der Waals surface area contributed by atoms with Crippen molar-refractivity contribution >= 4 is 17.6 Å². The quantitative estimate of drug-likeness (QED) is 0.540. The number of aryl methyl sites for hydroxylation is 1. The highest BCUT2D eigenvalue weighted by molar-refractivity contribution is 6.01. The van der Waals surface area contributed by atoms with Crippen LogP contribution in [0.15, 0.2) is 48.5 Å². The Morgan fingerprint density at radius 1 is 1.11 bits per heavy atom. The molecule has 2 rings (SSSR count). The van der Waals surface area contributed by atoms with Crippen LogP contribution in [0.3, 0.4) is 0 Å². The van der Waals surface area contributed by atoms with Gasteiger partial charge in [0.2, 0.25) is 5.91 Å². The molecule has 6 heteroatoms. The van der Waals surface area contributed by atoms with Crippen molar-refractivity contribution in [2.45, 2.75) is 25.7 Å². The maximum Gasteiger partial charge on any atom is 0.340 e. The van der Waals surface area contributed by atoms with Crippen molar-refractivity contribution in [3.05, 3.63) is 59.7 Å². The number of anilines is 1. The van der Waals surface area contributed by atoms with E-state index in [0.29, 0.717) is 30.5 Å². The molecular weight excluding hydrogens is 344 g/mol. The summed E-state index contributed by atoms with van der Waals surface area (Å²) in [6, 6.07) is 16.2. The van der Waals surface area contributed by atoms with Gasteiger partial charge in [-0.05, 0) is 42.7 Å². The van der Waals surface area contributed by atoms with Crippen LogP contribution in [0.25, 0.3) is 0 Å². The highest BCUT2D eigenvalue weighted by atomic mass is 16.5. The molecule has 0 saturated carbocycles. The number of carbonyl (C=O) groups excluding carboxylic acids is 2. The molecule has 27 heavy (non-hydrogen) atoms. The maximum absolute atomic E-state index is 12.3. The van der Waals surface area contributed by atoms with Crippen LogP contribution in [0.4, 0.5) is 5.69 Å². The van der Waals surface area contributed by atoms with Crippen molar-refractivity contribution in [1.29, 1.82) is 5.26 Å². The third-order valence-corrected chi connectivity index (χ3v) is 3.89. The van der Waals surface area contributed by atoms with E-state index in [1.54, 1.807) is 31.4 Å². The Balaban J connectivity index is 1.91. The standard InChI is InChI=1S/C21H22N2O4/c1-26-17-11-8-16(9-12-17)10-13-20(24)23-19-7-3-2-6-18(19)21(25)27-15-5-4-14-22/h2-3,6-9,11-12H,4-5,10,13,15H2,1H3,(H,23,24). The zero-order chi connectivity index (χ0) is 19.5. The van der Waals surface area contributed by atoms with Gasteiger partial charge in [0.15, 0.2) is 0 Å². The molecule has 0 aromatic heterocycles. The first-order valence-corrected chi connectivity index (χ1v) is 8.70. The first-order chi connectivity index (χ1) is 13.1. The number of unbranched alkanes of at least 4 members (excludes halogenated alkanes) is 1. The van der Waals surface area contributed by atoms with E-state index >= 15 is 0 Å². The van der Waals surface area contributed by atoms with Crippen molar-refractivity contribution in [3.8, 4) is 11.8 Å². The SMILES string of the molecule is COc1ccc(CCC(=O)Nc2ccccc2C(=O)OCCCC#N)cc1. The van der Waals surface area contributed by atoms with Crippen molar-refractivity contribution < 1.29 is 19.1 Å². The molecule has 140 valence electrons. The number of nitriles is 1. The van der Waals surface area contributed by atoms with E-state index in [4.69, 9.17) is 14.7 Å². The van der Waals surface area contributed by atoms with E-state index in [0.717, 1.165) is 11.3 Å². The smallest absolute Gasteiger partial charge is 0.340 e. The van der Waals surface area contributed by atoms with Crippen LogP contribution in [0, 0.1) is 11.3 Å². The minimum Gasteiger partial charge on any atom is -0.497 e. The summed E-state index contributed by atoms with van der Waals surface area (Å²) in [5.41, 5.74) is 1.74. The van der Waals surface area contributed by atoms with Gasteiger partial charge >= 0.3 is 5.97 Å². The van der Waals surface area contributed by atoms with E-state index in [1.165, 1.54) is 0 Å². The van der Waals surface area contributed by atoms with Gasteiger partial charge in [-0.2, -0.15) is 5.26 Å². The zero-order valence-electron chi connectivity index (χ0n) is 15.2. The Morgan fingerprint density at radius 3 is 2.56 bits per heavy atom. The van der Waals surface area contributed by atoms with Gasteiger partial charge in [-0.15, -0.1) is 0 Å². The fraction of sp³-hybridized carbons (Fsp3) is 0.286. The maximum atomic E-state index is 12.3. The van der Waals surface area contributed by atoms with Crippen LogP contribution < -0.4 is 10.1 Å². The number of rotatable bonds is 9. The van der Waals surface area contributed by atoms with Crippen LogP contribution in [-0.4, -0.2) is 25.6 Å². The summed E-state index contributed by atoms with van der Waals surface area (Å²) in [6.45, 7) is 0.173. The fourth-order valence-electron chi connectivity index (χ4n) is 2.43. The number of nitrogens with zero attached hydrogens (tertiary/aromatic N) is 1. The molecule has 0 fully saturated rings. The van der Waals surface area contributed by atoms with Gasteiger partial charge in [-0.1, -0.05) is 24.3 Å². The van der Waals surface area contributed by atoms with Crippen molar-refractivity contribution in [3.63, 3.8) is 0 Å². The number of nitrogens with one attached hydrogen (secondary N) is 1. The van der Waals surface area contributed by atoms with Crippen LogP contribution in [0.1, 0.15) is 35.2 Å². The van der Waals surface area contributed by atoms with E-state index in [2.05, 4.69) is 5.32 Å². The minimum absolute atomic E-state index is 0.173. The molecule has 1 amide bonds. The number of hydrogen-bond acceptors (Lipinski definition) is 5. The minimum atomic E-state index is -0.515. The van der Waals surface area contributed by atoms with Crippen LogP contribution in [-0.2, 0) is 16.0 Å². The van der Waals surface area contributed by atoms with E-state index in [9.17, 15) is 9.59 Å². The number of ether oxygens (including phenoxy) is 2. The Bertz CT molecular complexity index is 810. The average Bonchev–Trinajstić information content (AvgIpc) is 2.70. The largest absolute Gasteiger partial charge is 0.497 e. The molecule has 0 radical (unpaired) electrons. The number of benzene rings is 2. The lowest BCUT2D eigenvalue weighted by molar-refractivity contribution is -0.116. The second-order valence-electron chi connectivity index (χ2n) is 5.84. The fourth-order valence-corrected chi connectivity index (χ4v) is 2.43. The Hall–Kier alpha value is -3.33. The number of para-hydroxylation sites is 1. The first kappa shape index (κ1) is 20.0. The van der Waals surface area contributed by atoms with E-state index < -0.39 is 5.97 Å². The van der Waals surface area contributed by atoms with E-state index in [-0.39, 0.29) is 18.9 Å². The van der Waals surface area contributed by atoms with E-state index in [1.807, 2.05) is 30.3 Å². The molecule has 0 aliphatic heterocycles. The summed E-state index contributed by atoms with van der Waals surface area (Å²) in [5.74, 6) is 0.0694.